The second kappa shape index (κ2) is 3.94. The predicted octanol–water partition coefficient (Wildman–Crippen LogP) is 4.10. The second-order valence-corrected chi connectivity index (χ2v) is 5.89. The number of hydrogen-bond donors (Lipinski definition) is 0. The average molecular weight is 213 g/mol. The number of rotatable bonds is 1. The Balaban J connectivity index is 2.17. The van der Waals surface area contributed by atoms with E-state index in [9.17, 15) is 0 Å². The third-order valence-electron chi connectivity index (χ3n) is 3.85. The topological polar surface area (TPSA) is 23.8 Å². The molecule has 1 heteroatoms. The van der Waals surface area contributed by atoms with E-state index in [1.165, 1.54) is 18.4 Å². The van der Waals surface area contributed by atoms with Gasteiger partial charge < -0.3 is 0 Å². The van der Waals surface area contributed by atoms with E-state index >= 15 is 0 Å². The second-order valence-electron chi connectivity index (χ2n) is 5.89. The standard InChI is InChI=1S/C15H19N/c1-15(2,3)14-9-8-13(14)12-6-4-11(10-16)5-7-12/h4-7,13-14H,8-9H2,1-3H3. The van der Waals surface area contributed by atoms with Crippen LogP contribution in [0.2, 0.25) is 0 Å². The normalized spacial score (nSPS) is 24.6. The Morgan fingerprint density at radius 2 is 1.75 bits per heavy atom. The van der Waals surface area contributed by atoms with Crippen LogP contribution in [0.15, 0.2) is 24.3 Å². The maximum atomic E-state index is 8.77. The first-order valence-electron chi connectivity index (χ1n) is 6.02. The molecule has 1 fully saturated rings. The lowest BCUT2D eigenvalue weighted by Gasteiger charge is -2.45. The number of nitriles is 1. The molecule has 16 heavy (non-hydrogen) atoms. The van der Waals surface area contributed by atoms with Crippen LogP contribution in [0.3, 0.4) is 0 Å². The molecular weight excluding hydrogens is 194 g/mol. The van der Waals surface area contributed by atoms with E-state index < -0.39 is 0 Å². The van der Waals surface area contributed by atoms with Crippen LogP contribution in [0.4, 0.5) is 0 Å². The highest BCUT2D eigenvalue weighted by Gasteiger charge is 2.39. The summed E-state index contributed by atoms with van der Waals surface area (Å²) in [6.07, 6.45) is 2.64. The highest BCUT2D eigenvalue weighted by molar-refractivity contribution is 5.34. The minimum Gasteiger partial charge on any atom is -0.192 e. The van der Waals surface area contributed by atoms with Crippen molar-refractivity contribution in [3.63, 3.8) is 0 Å². The molecule has 0 aromatic heterocycles. The zero-order valence-corrected chi connectivity index (χ0v) is 10.3. The summed E-state index contributed by atoms with van der Waals surface area (Å²) in [6.45, 7) is 6.98. The van der Waals surface area contributed by atoms with Gasteiger partial charge in [-0.25, -0.2) is 0 Å². The summed E-state index contributed by atoms with van der Waals surface area (Å²) >= 11 is 0. The Labute approximate surface area is 98.1 Å². The van der Waals surface area contributed by atoms with Crippen LogP contribution < -0.4 is 0 Å². The molecule has 84 valence electrons. The minimum absolute atomic E-state index is 0.400. The van der Waals surface area contributed by atoms with Crippen molar-refractivity contribution in [3.05, 3.63) is 35.4 Å². The van der Waals surface area contributed by atoms with Gasteiger partial charge in [0.2, 0.25) is 0 Å². The van der Waals surface area contributed by atoms with Gasteiger partial charge in [-0.1, -0.05) is 32.9 Å². The maximum Gasteiger partial charge on any atom is 0.0991 e. The van der Waals surface area contributed by atoms with Gasteiger partial charge in [0, 0.05) is 0 Å². The van der Waals surface area contributed by atoms with Gasteiger partial charge in [0.05, 0.1) is 11.6 Å². The molecule has 1 aromatic carbocycles. The molecule has 0 amide bonds. The molecule has 2 unspecified atom stereocenters. The molecule has 0 radical (unpaired) electrons. The fraction of sp³-hybridized carbons (Fsp3) is 0.533. The quantitative estimate of drug-likeness (QED) is 0.689. The Morgan fingerprint density at radius 1 is 1.12 bits per heavy atom. The van der Waals surface area contributed by atoms with Crippen molar-refractivity contribution in [2.45, 2.75) is 39.5 Å². The summed E-state index contributed by atoms with van der Waals surface area (Å²) in [5.41, 5.74) is 2.57. The first kappa shape index (κ1) is 11.2. The molecular formula is C15H19N. The van der Waals surface area contributed by atoms with Crippen LogP contribution >= 0.6 is 0 Å². The summed E-state index contributed by atoms with van der Waals surface area (Å²) in [5, 5.41) is 8.77. The molecule has 0 bridgehead atoms. The lowest BCUT2D eigenvalue weighted by Crippen LogP contribution is -2.34. The molecule has 0 aliphatic heterocycles. The van der Waals surface area contributed by atoms with Crippen LogP contribution in [0.5, 0.6) is 0 Å². The van der Waals surface area contributed by atoms with Crippen molar-refractivity contribution in [2.75, 3.05) is 0 Å². The van der Waals surface area contributed by atoms with E-state index in [-0.39, 0.29) is 0 Å². The van der Waals surface area contributed by atoms with Crippen LogP contribution in [0, 0.1) is 22.7 Å². The highest BCUT2D eigenvalue weighted by atomic mass is 14.4. The fourth-order valence-corrected chi connectivity index (χ4v) is 2.74. The van der Waals surface area contributed by atoms with Gasteiger partial charge in [0.25, 0.3) is 0 Å². The largest absolute Gasteiger partial charge is 0.192 e. The minimum atomic E-state index is 0.400. The van der Waals surface area contributed by atoms with Crippen molar-refractivity contribution in [2.24, 2.45) is 11.3 Å². The average Bonchev–Trinajstić information content (AvgIpc) is 2.14. The summed E-state index contributed by atoms with van der Waals surface area (Å²) < 4.78 is 0. The van der Waals surface area contributed by atoms with Crippen molar-refractivity contribution in [1.82, 2.24) is 0 Å². The summed E-state index contributed by atoms with van der Waals surface area (Å²) in [4.78, 5) is 0. The van der Waals surface area contributed by atoms with Crippen LogP contribution in [0.1, 0.15) is 50.7 Å². The first-order chi connectivity index (χ1) is 7.52. The summed E-state index contributed by atoms with van der Waals surface area (Å²) in [7, 11) is 0. The first-order valence-corrected chi connectivity index (χ1v) is 6.02. The molecule has 1 nitrogen and oxygen atoms in total. The zero-order chi connectivity index (χ0) is 11.8. The molecule has 0 spiro atoms. The van der Waals surface area contributed by atoms with Gasteiger partial charge in [-0.2, -0.15) is 5.26 Å². The smallest absolute Gasteiger partial charge is 0.0991 e. The highest BCUT2D eigenvalue weighted by Crippen LogP contribution is 2.51. The van der Waals surface area contributed by atoms with Crippen molar-refractivity contribution in [1.29, 1.82) is 5.26 Å². The van der Waals surface area contributed by atoms with Gasteiger partial charge in [-0.05, 0) is 47.8 Å². The van der Waals surface area contributed by atoms with E-state index in [2.05, 4.69) is 39.0 Å². The van der Waals surface area contributed by atoms with Crippen molar-refractivity contribution < 1.29 is 0 Å². The van der Waals surface area contributed by atoms with E-state index in [1.54, 1.807) is 0 Å². The number of benzene rings is 1. The summed E-state index contributed by atoms with van der Waals surface area (Å²) in [6, 6.07) is 10.3. The van der Waals surface area contributed by atoms with Crippen LogP contribution in [-0.4, -0.2) is 0 Å². The molecule has 1 aliphatic carbocycles. The van der Waals surface area contributed by atoms with Crippen LogP contribution in [0.25, 0.3) is 0 Å². The van der Waals surface area contributed by atoms with E-state index in [0.29, 0.717) is 11.3 Å². The van der Waals surface area contributed by atoms with Crippen molar-refractivity contribution >= 4 is 0 Å². The monoisotopic (exact) mass is 213 g/mol. The SMILES string of the molecule is CC(C)(C)C1CCC1c1ccc(C#N)cc1. The molecule has 1 saturated carbocycles. The Kier molecular flexibility index (Phi) is 2.76. The lowest BCUT2D eigenvalue weighted by molar-refractivity contribution is 0.106. The molecule has 0 heterocycles. The Morgan fingerprint density at radius 3 is 2.12 bits per heavy atom. The van der Waals surface area contributed by atoms with Gasteiger partial charge in [0.15, 0.2) is 0 Å². The van der Waals surface area contributed by atoms with E-state index in [0.717, 1.165) is 11.5 Å². The third kappa shape index (κ3) is 1.97. The molecule has 0 N–H and O–H groups in total. The zero-order valence-electron chi connectivity index (χ0n) is 10.3. The van der Waals surface area contributed by atoms with Crippen molar-refractivity contribution in [3.8, 4) is 6.07 Å². The molecule has 1 aliphatic rings. The van der Waals surface area contributed by atoms with Gasteiger partial charge in [0.1, 0.15) is 0 Å². The van der Waals surface area contributed by atoms with Crippen LogP contribution in [-0.2, 0) is 0 Å². The Bertz CT molecular complexity index is 403. The Hall–Kier alpha value is -1.29. The third-order valence-corrected chi connectivity index (χ3v) is 3.85. The summed E-state index contributed by atoms with van der Waals surface area (Å²) in [5.74, 6) is 1.49. The molecule has 0 saturated heterocycles. The van der Waals surface area contributed by atoms with Gasteiger partial charge in [-0.3, -0.25) is 0 Å². The molecule has 2 atom stereocenters. The molecule has 2 rings (SSSR count). The van der Waals surface area contributed by atoms with Gasteiger partial charge >= 0.3 is 0 Å². The number of nitrogens with zero attached hydrogens (tertiary/aromatic N) is 1. The van der Waals surface area contributed by atoms with E-state index in [1.807, 2.05) is 12.1 Å². The molecule has 1 aromatic rings. The van der Waals surface area contributed by atoms with E-state index in [4.69, 9.17) is 5.26 Å². The predicted molar refractivity (Wildman–Crippen MR) is 66.1 cm³/mol. The fourth-order valence-electron chi connectivity index (χ4n) is 2.74. The van der Waals surface area contributed by atoms with Gasteiger partial charge in [-0.15, -0.1) is 0 Å². The number of hydrogen-bond acceptors (Lipinski definition) is 1. The maximum absolute atomic E-state index is 8.77. The lowest BCUT2D eigenvalue weighted by atomic mass is 9.59.